The number of nitrogens with zero attached hydrogens (tertiary/aromatic N) is 2. The van der Waals surface area contributed by atoms with Gasteiger partial charge in [0.15, 0.2) is 0 Å². The molecule has 0 aromatic carbocycles. The summed E-state index contributed by atoms with van der Waals surface area (Å²) in [7, 11) is 1.32. The Bertz CT molecular complexity index is 408. The molecular weight excluding hydrogens is 262 g/mol. The summed E-state index contributed by atoms with van der Waals surface area (Å²) in [5, 5.41) is 11.1. The second-order valence-corrected chi connectivity index (χ2v) is 5.66. The second-order valence-electron chi connectivity index (χ2n) is 3.14. The summed E-state index contributed by atoms with van der Waals surface area (Å²) >= 11 is 2.52. The van der Waals surface area contributed by atoms with Crippen molar-refractivity contribution in [2.75, 3.05) is 18.2 Å². The highest BCUT2D eigenvalue weighted by Crippen LogP contribution is 2.17. The average molecular weight is 275 g/mol. The number of rotatable bonds is 5. The van der Waals surface area contributed by atoms with Crippen molar-refractivity contribution in [1.82, 2.24) is 10.2 Å². The van der Waals surface area contributed by atoms with Crippen molar-refractivity contribution in [3.8, 4) is 0 Å². The van der Waals surface area contributed by atoms with E-state index in [1.807, 2.05) is 6.92 Å². The molecule has 0 spiro atoms. The molecule has 0 aliphatic rings. The van der Waals surface area contributed by atoms with Gasteiger partial charge in [-0.25, -0.2) is 0 Å². The van der Waals surface area contributed by atoms with E-state index in [1.165, 1.54) is 30.2 Å². The number of anilines is 1. The van der Waals surface area contributed by atoms with Crippen LogP contribution in [0.4, 0.5) is 5.13 Å². The largest absolute Gasteiger partial charge is 0.468 e. The number of esters is 1. The van der Waals surface area contributed by atoms with Gasteiger partial charge in [0.05, 0.1) is 18.1 Å². The predicted molar refractivity (Wildman–Crippen MR) is 67.2 cm³/mol. The van der Waals surface area contributed by atoms with E-state index in [9.17, 15) is 9.59 Å². The average Bonchev–Trinajstić information content (AvgIpc) is 2.70. The third kappa shape index (κ3) is 4.70. The van der Waals surface area contributed by atoms with Crippen LogP contribution in [0.1, 0.15) is 11.9 Å². The number of aryl methyl sites for hydroxylation is 1. The maximum absolute atomic E-state index is 11.7. The van der Waals surface area contributed by atoms with Gasteiger partial charge in [0.2, 0.25) is 11.0 Å². The molecule has 1 N–H and O–H groups in total. The molecule has 0 fully saturated rings. The Morgan fingerprint density at radius 1 is 1.53 bits per heavy atom. The van der Waals surface area contributed by atoms with Crippen molar-refractivity contribution in [2.24, 2.45) is 0 Å². The third-order valence-electron chi connectivity index (χ3n) is 1.80. The summed E-state index contributed by atoms with van der Waals surface area (Å²) in [6, 6.07) is 0. The van der Waals surface area contributed by atoms with Gasteiger partial charge in [0, 0.05) is 0 Å². The van der Waals surface area contributed by atoms with E-state index in [4.69, 9.17) is 0 Å². The van der Waals surface area contributed by atoms with Gasteiger partial charge >= 0.3 is 5.97 Å². The van der Waals surface area contributed by atoms with E-state index >= 15 is 0 Å². The van der Waals surface area contributed by atoms with Crippen LogP contribution in [0.2, 0.25) is 0 Å². The number of hydrogen-bond acceptors (Lipinski definition) is 7. The zero-order valence-electron chi connectivity index (χ0n) is 9.72. The molecule has 1 aromatic heterocycles. The second kappa shape index (κ2) is 6.55. The maximum atomic E-state index is 11.7. The fourth-order valence-electron chi connectivity index (χ4n) is 0.882. The highest BCUT2D eigenvalue weighted by molar-refractivity contribution is 8.01. The van der Waals surface area contributed by atoms with Gasteiger partial charge < -0.3 is 4.74 Å². The Labute approximate surface area is 107 Å². The van der Waals surface area contributed by atoms with Gasteiger partial charge in [-0.3, -0.25) is 14.9 Å². The fraction of sp³-hybridized carbons (Fsp3) is 0.556. The van der Waals surface area contributed by atoms with Crippen molar-refractivity contribution in [2.45, 2.75) is 19.1 Å². The molecule has 17 heavy (non-hydrogen) atoms. The number of ether oxygens (including phenoxy) is 1. The molecule has 94 valence electrons. The Morgan fingerprint density at radius 2 is 2.24 bits per heavy atom. The van der Waals surface area contributed by atoms with E-state index in [0.717, 1.165) is 5.01 Å². The van der Waals surface area contributed by atoms with Crippen LogP contribution in [0, 0.1) is 6.92 Å². The highest BCUT2D eigenvalue weighted by Gasteiger charge is 2.16. The molecule has 0 bridgehead atoms. The lowest BCUT2D eigenvalue weighted by Crippen LogP contribution is -2.23. The molecular formula is C9H13N3O3S2. The highest BCUT2D eigenvalue weighted by atomic mass is 32.2. The van der Waals surface area contributed by atoms with Crippen LogP contribution in [0.5, 0.6) is 0 Å². The molecule has 0 aliphatic carbocycles. The molecule has 0 aliphatic heterocycles. The Balaban J connectivity index is 2.39. The van der Waals surface area contributed by atoms with Crippen molar-refractivity contribution >= 4 is 40.1 Å². The van der Waals surface area contributed by atoms with E-state index in [0.29, 0.717) is 5.13 Å². The third-order valence-corrected chi connectivity index (χ3v) is 3.67. The first-order valence-electron chi connectivity index (χ1n) is 4.82. The number of carbonyl (C=O) groups excluding carboxylic acids is 2. The van der Waals surface area contributed by atoms with E-state index in [-0.39, 0.29) is 22.9 Å². The minimum atomic E-state index is -0.349. The summed E-state index contributed by atoms with van der Waals surface area (Å²) < 4.78 is 4.49. The normalized spacial score (nSPS) is 11.9. The van der Waals surface area contributed by atoms with Crippen LogP contribution < -0.4 is 5.32 Å². The van der Waals surface area contributed by atoms with Crippen LogP contribution in [0.15, 0.2) is 0 Å². The van der Waals surface area contributed by atoms with Crippen molar-refractivity contribution in [3.63, 3.8) is 0 Å². The number of nitrogens with one attached hydrogen (secondary N) is 1. The molecule has 1 aromatic rings. The molecule has 1 rings (SSSR count). The summed E-state index contributed by atoms with van der Waals surface area (Å²) in [5.41, 5.74) is 0. The lowest BCUT2D eigenvalue weighted by molar-refractivity contribution is -0.137. The number of hydrogen-bond donors (Lipinski definition) is 1. The Morgan fingerprint density at radius 3 is 2.76 bits per heavy atom. The van der Waals surface area contributed by atoms with Crippen LogP contribution >= 0.6 is 23.1 Å². The molecule has 0 saturated carbocycles. The first-order valence-corrected chi connectivity index (χ1v) is 6.69. The lowest BCUT2D eigenvalue weighted by atomic mass is 10.4. The number of aromatic nitrogens is 2. The fourth-order valence-corrected chi connectivity index (χ4v) is 2.19. The molecule has 6 nitrogen and oxygen atoms in total. The van der Waals surface area contributed by atoms with Crippen LogP contribution in [-0.2, 0) is 14.3 Å². The summed E-state index contributed by atoms with van der Waals surface area (Å²) in [6.45, 7) is 3.53. The zero-order valence-corrected chi connectivity index (χ0v) is 11.4. The Hall–Kier alpha value is -1.15. The van der Waals surface area contributed by atoms with Crippen LogP contribution in [0.3, 0.4) is 0 Å². The number of methoxy groups -OCH3 is 1. The quantitative estimate of drug-likeness (QED) is 0.810. The summed E-state index contributed by atoms with van der Waals surface area (Å²) in [4.78, 5) is 22.6. The summed E-state index contributed by atoms with van der Waals surface area (Å²) in [5.74, 6) is -0.392. The van der Waals surface area contributed by atoms with Gasteiger partial charge in [0.25, 0.3) is 0 Å². The monoisotopic (exact) mass is 275 g/mol. The van der Waals surface area contributed by atoms with Gasteiger partial charge in [-0.1, -0.05) is 11.3 Å². The standard InChI is InChI=1S/C9H13N3O3S2/c1-5(16-4-7(13)15-3)8(14)10-9-12-11-6(2)17-9/h5H,4H2,1-3H3,(H,10,12,14)/t5-/m0/s1. The lowest BCUT2D eigenvalue weighted by Gasteiger charge is -2.08. The summed E-state index contributed by atoms with van der Waals surface area (Å²) in [6.07, 6.45) is 0. The predicted octanol–water partition coefficient (Wildman–Crippen LogP) is 1.08. The van der Waals surface area contributed by atoms with Crippen molar-refractivity contribution < 1.29 is 14.3 Å². The molecule has 0 saturated heterocycles. The van der Waals surface area contributed by atoms with E-state index in [1.54, 1.807) is 6.92 Å². The SMILES string of the molecule is COC(=O)CS[C@@H](C)C(=O)Nc1nnc(C)s1. The van der Waals surface area contributed by atoms with Crippen LogP contribution in [0.25, 0.3) is 0 Å². The van der Waals surface area contributed by atoms with Gasteiger partial charge in [-0.15, -0.1) is 22.0 Å². The van der Waals surface area contributed by atoms with E-state index in [2.05, 4.69) is 20.3 Å². The molecule has 1 atom stereocenters. The van der Waals surface area contributed by atoms with Crippen molar-refractivity contribution in [1.29, 1.82) is 0 Å². The maximum Gasteiger partial charge on any atom is 0.315 e. The van der Waals surface area contributed by atoms with Gasteiger partial charge in [-0.2, -0.15) is 0 Å². The molecule has 1 amide bonds. The van der Waals surface area contributed by atoms with Crippen molar-refractivity contribution in [3.05, 3.63) is 5.01 Å². The van der Waals surface area contributed by atoms with E-state index < -0.39 is 0 Å². The minimum absolute atomic E-state index is 0.153. The van der Waals surface area contributed by atoms with Gasteiger partial charge in [0.1, 0.15) is 5.01 Å². The molecule has 0 unspecified atom stereocenters. The number of thioether (sulfide) groups is 1. The smallest absolute Gasteiger partial charge is 0.315 e. The molecule has 8 heteroatoms. The molecule has 0 radical (unpaired) electrons. The number of carbonyl (C=O) groups is 2. The van der Waals surface area contributed by atoms with Gasteiger partial charge in [-0.05, 0) is 13.8 Å². The zero-order chi connectivity index (χ0) is 12.8. The minimum Gasteiger partial charge on any atom is -0.468 e. The first kappa shape index (κ1) is 13.9. The van der Waals surface area contributed by atoms with Crippen LogP contribution in [-0.4, -0.2) is 40.2 Å². The number of amides is 1. The Kier molecular flexibility index (Phi) is 5.36. The topological polar surface area (TPSA) is 81.2 Å². The molecule has 1 heterocycles. The first-order chi connectivity index (χ1) is 8.02.